The average Bonchev–Trinajstić information content (AvgIpc) is 3.28. The predicted octanol–water partition coefficient (Wildman–Crippen LogP) is 1.85. The lowest BCUT2D eigenvalue weighted by atomic mass is 9.79. The van der Waals surface area contributed by atoms with Gasteiger partial charge in [0.15, 0.2) is 21.2 Å². The Morgan fingerprint density at radius 2 is 1.96 bits per heavy atom. The summed E-state index contributed by atoms with van der Waals surface area (Å²) in [7, 11) is 1.66. The lowest BCUT2D eigenvalue weighted by Gasteiger charge is -2.40. The SMILES string of the molecule is CN1C(=O)C23C[C@@](C)(C#N)[C@H](c4ccc5c(c4)OCO5)N2C(=O)C1(C)S3. The summed E-state index contributed by atoms with van der Waals surface area (Å²) in [5.41, 5.74) is -0.0887. The molecular weight excluding hydrogens is 354 g/mol. The molecule has 2 unspecified atom stereocenters. The van der Waals surface area contributed by atoms with E-state index in [1.165, 1.54) is 16.7 Å². The summed E-state index contributed by atoms with van der Waals surface area (Å²) in [6, 6.07) is 7.34. The van der Waals surface area contributed by atoms with E-state index < -0.39 is 21.2 Å². The Kier molecular flexibility index (Phi) is 2.72. The molecule has 0 N–H and O–H groups in total. The number of likely N-dealkylation sites (N-methyl/N-ethyl adjacent to an activating group) is 1. The van der Waals surface area contributed by atoms with Crippen molar-refractivity contribution in [2.45, 2.75) is 36.1 Å². The summed E-state index contributed by atoms with van der Waals surface area (Å²) >= 11 is 1.36. The van der Waals surface area contributed by atoms with Crippen LogP contribution in [0.4, 0.5) is 0 Å². The summed E-state index contributed by atoms with van der Waals surface area (Å²) in [6.07, 6.45) is 0.310. The van der Waals surface area contributed by atoms with E-state index in [2.05, 4.69) is 6.07 Å². The Morgan fingerprint density at radius 1 is 1.23 bits per heavy atom. The molecule has 4 atom stereocenters. The van der Waals surface area contributed by atoms with Gasteiger partial charge in [0, 0.05) is 13.5 Å². The molecule has 134 valence electrons. The second-order valence-electron chi connectivity index (χ2n) is 7.63. The number of piperazine rings is 1. The standard InChI is InChI=1S/C18H17N3O4S/c1-16(8-19)7-18-15(23)20(3)17(2,26-18)14(22)21(18)13(16)10-4-5-11-12(6-10)25-9-24-11/h4-6,13H,7,9H2,1-3H3/t13-,16-,17?,18?/m0/s1. The van der Waals surface area contributed by atoms with Crippen molar-refractivity contribution in [2.75, 3.05) is 13.8 Å². The van der Waals surface area contributed by atoms with Crippen molar-refractivity contribution >= 4 is 23.6 Å². The molecule has 8 heteroatoms. The number of hydrogen-bond acceptors (Lipinski definition) is 6. The van der Waals surface area contributed by atoms with Crippen molar-refractivity contribution in [1.82, 2.24) is 9.80 Å². The van der Waals surface area contributed by atoms with Gasteiger partial charge in [-0.3, -0.25) is 9.59 Å². The van der Waals surface area contributed by atoms with Crippen LogP contribution >= 0.6 is 11.8 Å². The fourth-order valence-electron chi connectivity index (χ4n) is 4.73. The molecular formula is C18H17N3O4S. The van der Waals surface area contributed by atoms with Crippen LogP contribution in [0.5, 0.6) is 11.5 Å². The lowest BCUT2D eigenvalue weighted by Crippen LogP contribution is -2.60. The van der Waals surface area contributed by atoms with Crippen LogP contribution in [0.1, 0.15) is 31.9 Å². The Bertz CT molecular complexity index is 930. The lowest BCUT2D eigenvalue weighted by molar-refractivity contribution is -0.159. The second-order valence-corrected chi connectivity index (χ2v) is 9.30. The highest BCUT2D eigenvalue weighted by atomic mass is 32.2. The average molecular weight is 371 g/mol. The zero-order chi connectivity index (χ0) is 18.5. The van der Waals surface area contributed by atoms with Gasteiger partial charge >= 0.3 is 0 Å². The molecule has 3 saturated heterocycles. The van der Waals surface area contributed by atoms with Gasteiger partial charge in [-0.15, -0.1) is 0 Å². The molecule has 26 heavy (non-hydrogen) atoms. The smallest absolute Gasteiger partial charge is 0.261 e. The Morgan fingerprint density at radius 3 is 2.69 bits per heavy atom. The third kappa shape index (κ3) is 1.52. The van der Waals surface area contributed by atoms with Gasteiger partial charge in [-0.25, -0.2) is 0 Å². The molecule has 2 amide bonds. The van der Waals surface area contributed by atoms with Crippen LogP contribution in [0.3, 0.4) is 0 Å². The topological polar surface area (TPSA) is 82.9 Å². The molecule has 0 saturated carbocycles. The first-order chi connectivity index (χ1) is 12.3. The third-order valence-electron chi connectivity index (χ3n) is 6.09. The van der Waals surface area contributed by atoms with E-state index >= 15 is 0 Å². The van der Waals surface area contributed by atoms with Crippen LogP contribution in [0, 0.1) is 16.7 Å². The minimum absolute atomic E-state index is 0.102. The van der Waals surface area contributed by atoms with Crippen molar-refractivity contribution < 1.29 is 19.1 Å². The van der Waals surface area contributed by atoms with Gasteiger partial charge in [0.05, 0.1) is 17.5 Å². The first-order valence-electron chi connectivity index (χ1n) is 8.40. The molecule has 2 bridgehead atoms. The van der Waals surface area contributed by atoms with E-state index in [4.69, 9.17) is 9.47 Å². The summed E-state index contributed by atoms with van der Waals surface area (Å²) in [4.78, 5) is 27.6. The van der Waals surface area contributed by atoms with Crippen LogP contribution in [0.2, 0.25) is 0 Å². The molecule has 3 fully saturated rings. The highest BCUT2D eigenvalue weighted by Gasteiger charge is 2.78. The predicted molar refractivity (Wildman–Crippen MR) is 92.0 cm³/mol. The number of ether oxygens (including phenoxy) is 2. The second kappa shape index (κ2) is 4.46. The van der Waals surface area contributed by atoms with E-state index in [9.17, 15) is 14.9 Å². The zero-order valence-electron chi connectivity index (χ0n) is 14.6. The quantitative estimate of drug-likeness (QED) is 0.749. The Balaban J connectivity index is 1.69. The third-order valence-corrected chi connectivity index (χ3v) is 7.79. The number of benzene rings is 1. The van der Waals surface area contributed by atoms with E-state index in [1.54, 1.807) is 24.9 Å². The maximum atomic E-state index is 13.3. The van der Waals surface area contributed by atoms with E-state index in [1.807, 2.05) is 19.1 Å². The number of amides is 2. The molecule has 1 spiro atoms. The molecule has 5 rings (SSSR count). The zero-order valence-corrected chi connectivity index (χ0v) is 15.4. The van der Waals surface area contributed by atoms with Crippen molar-refractivity contribution in [1.29, 1.82) is 5.26 Å². The van der Waals surface area contributed by atoms with Gasteiger partial charge < -0.3 is 19.3 Å². The van der Waals surface area contributed by atoms with Gasteiger partial charge in [-0.1, -0.05) is 17.8 Å². The fourth-order valence-corrected chi connectivity index (χ4v) is 6.67. The normalized spacial score (nSPS) is 39.5. The van der Waals surface area contributed by atoms with Crippen LogP contribution in [0.15, 0.2) is 18.2 Å². The number of carbonyl (C=O) groups excluding carboxylic acids is 2. The molecule has 0 aromatic heterocycles. The minimum Gasteiger partial charge on any atom is -0.454 e. The molecule has 4 aliphatic rings. The van der Waals surface area contributed by atoms with Crippen LogP contribution in [-0.2, 0) is 9.59 Å². The highest BCUT2D eigenvalue weighted by molar-refractivity contribution is 8.04. The summed E-state index contributed by atoms with van der Waals surface area (Å²) in [6.45, 7) is 3.76. The van der Waals surface area contributed by atoms with Crippen molar-refractivity contribution in [3.05, 3.63) is 23.8 Å². The number of nitrogens with zero attached hydrogens (tertiary/aromatic N) is 3. The summed E-state index contributed by atoms with van der Waals surface area (Å²) < 4.78 is 10.8. The summed E-state index contributed by atoms with van der Waals surface area (Å²) in [5.74, 6) is 1.02. The number of fused-ring (bicyclic) bond motifs is 2. The molecule has 1 aromatic rings. The van der Waals surface area contributed by atoms with Gasteiger partial charge in [-0.2, -0.15) is 5.26 Å². The highest BCUT2D eigenvalue weighted by Crippen LogP contribution is 2.69. The molecule has 4 heterocycles. The van der Waals surface area contributed by atoms with Gasteiger partial charge in [0.25, 0.3) is 11.8 Å². The van der Waals surface area contributed by atoms with E-state index in [0.717, 1.165) is 5.56 Å². The number of hydrogen-bond donors (Lipinski definition) is 0. The monoisotopic (exact) mass is 371 g/mol. The van der Waals surface area contributed by atoms with Crippen molar-refractivity contribution in [3.63, 3.8) is 0 Å². The van der Waals surface area contributed by atoms with Gasteiger partial charge in [0.2, 0.25) is 6.79 Å². The molecule has 1 aromatic carbocycles. The molecule has 0 aliphatic carbocycles. The largest absolute Gasteiger partial charge is 0.454 e. The summed E-state index contributed by atoms with van der Waals surface area (Å²) in [5, 5.41) is 9.95. The molecule has 4 aliphatic heterocycles. The van der Waals surface area contributed by atoms with Crippen molar-refractivity contribution in [3.8, 4) is 17.6 Å². The molecule has 7 nitrogen and oxygen atoms in total. The maximum absolute atomic E-state index is 13.3. The fraction of sp³-hybridized carbons (Fsp3) is 0.500. The van der Waals surface area contributed by atoms with Crippen LogP contribution in [-0.4, -0.2) is 45.2 Å². The minimum atomic E-state index is -1.01. The first-order valence-corrected chi connectivity index (χ1v) is 9.21. The number of nitriles is 1. The van der Waals surface area contributed by atoms with Crippen LogP contribution in [0.25, 0.3) is 0 Å². The maximum Gasteiger partial charge on any atom is 0.261 e. The van der Waals surface area contributed by atoms with Crippen LogP contribution < -0.4 is 9.47 Å². The van der Waals surface area contributed by atoms with Gasteiger partial charge in [0.1, 0.15) is 0 Å². The number of carbonyl (C=O) groups is 2. The number of thioether (sulfide) groups is 1. The first kappa shape index (κ1) is 15.8. The molecule has 0 radical (unpaired) electrons. The van der Waals surface area contributed by atoms with E-state index in [0.29, 0.717) is 17.9 Å². The Labute approximate surface area is 154 Å². The van der Waals surface area contributed by atoms with Gasteiger partial charge in [-0.05, 0) is 31.5 Å². The Hall–Kier alpha value is -2.40. The van der Waals surface area contributed by atoms with E-state index in [-0.39, 0.29) is 18.6 Å². The number of rotatable bonds is 1. The van der Waals surface area contributed by atoms with Crippen molar-refractivity contribution in [2.24, 2.45) is 5.41 Å².